The minimum absolute atomic E-state index is 0.0305. The topological polar surface area (TPSA) is 21.3 Å². The van der Waals surface area contributed by atoms with Gasteiger partial charge in [0.15, 0.2) is 11.6 Å². The van der Waals surface area contributed by atoms with Gasteiger partial charge in [0.1, 0.15) is 0 Å². The first-order chi connectivity index (χ1) is 10.0. The van der Waals surface area contributed by atoms with Crippen LogP contribution in [0.4, 0.5) is 10.1 Å². The van der Waals surface area contributed by atoms with Crippen LogP contribution in [-0.4, -0.2) is 6.61 Å². The first kappa shape index (κ1) is 15.9. The van der Waals surface area contributed by atoms with Gasteiger partial charge in [-0.25, -0.2) is 4.39 Å². The lowest BCUT2D eigenvalue weighted by Crippen LogP contribution is -2.07. The normalized spacial score (nSPS) is 12.0. The van der Waals surface area contributed by atoms with Gasteiger partial charge in [-0.15, -0.1) is 0 Å². The Bertz CT molecular complexity index is 634. The predicted octanol–water partition coefficient (Wildman–Crippen LogP) is 5.70. The first-order valence-electron chi connectivity index (χ1n) is 6.65. The molecule has 0 bridgehead atoms. The smallest absolute Gasteiger partial charge is 0.167 e. The molecule has 2 aromatic carbocycles. The molecule has 0 aliphatic rings. The number of benzene rings is 2. The van der Waals surface area contributed by atoms with E-state index in [1.54, 1.807) is 24.3 Å². The maximum absolute atomic E-state index is 13.8. The molecule has 0 amide bonds. The van der Waals surface area contributed by atoms with E-state index < -0.39 is 0 Å². The van der Waals surface area contributed by atoms with Gasteiger partial charge in [0.25, 0.3) is 0 Å². The van der Waals surface area contributed by atoms with Gasteiger partial charge in [0.05, 0.1) is 16.7 Å². The predicted molar refractivity (Wildman–Crippen MR) is 86.1 cm³/mol. The lowest BCUT2D eigenvalue weighted by molar-refractivity contribution is 0.321. The largest absolute Gasteiger partial charge is 0.491 e. The molecule has 0 radical (unpaired) electrons. The Kier molecular flexibility index (Phi) is 5.32. The number of rotatable bonds is 5. The van der Waals surface area contributed by atoms with Crippen LogP contribution >= 0.6 is 23.2 Å². The summed E-state index contributed by atoms with van der Waals surface area (Å²) in [6.45, 7) is 4.22. The fraction of sp³-hybridized carbons (Fsp3) is 0.250. The van der Waals surface area contributed by atoms with Crippen LogP contribution in [0.2, 0.25) is 10.0 Å². The van der Waals surface area contributed by atoms with Gasteiger partial charge >= 0.3 is 0 Å². The van der Waals surface area contributed by atoms with Crippen molar-refractivity contribution in [3.63, 3.8) is 0 Å². The van der Waals surface area contributed by atoms with E-state index in [0.29, 0.717) is 22.3 Å². The zero-order valence-electron chi connectivity index (χ0n) is 11.8. The molecule has 2 rings (SSSR count). The fourth-order valence-electron chi connectivity index (χ4n) is 1.98. The van der Waals surface area contributed by atoms with Gasteiger partial charge in [0, 0.05) is 17.8 Å². The molecule has 1 N–H and O–H groups in total. The number of halogens is 3. The Morgan fingerprint density at radius 1 is 1.14 bits per heavy atom. The molecule has 0 spiro atoms. The summed E-state index contributed by atoms with van der Waals surface area (Å²) in [6.07, 6.45) is 0. The molecule has 1 atom stereocenters. The Balaban J connectivity index is 2.13. The maximum Gasteiger partial charge on any atom is 0.167 e. The Morgan fingerprint density at radius 2 is 1.90 bits per heavy atom. The van der Waals surface area contributed by atoms with Crippen molar-refractivity contribution in [2.24, 2.45) is 0 Å². The molecule has 0 heterocycles. The molecule has 2 nitrogen and oxygen atoms in total. The van der Waals surface area contributed by atoms with E-state index in [1.807, 2.05) is 19.9 Å². The van der Waals surface area contributed by atoms with Crippen LogP contribution in [0, 0.1) is 5.82 Å². The van der Waals surface area contributed by atoms with E-state index in [0.717, 1.165) is 5.56 Å². The third-order valence-electron chi connectivity index (χ3n) is 3.06. The highest BCUT2D eigenvalue weighted by Crippen LogP contribution is 2.28. The quantitative estimate of drug-likeness (QED) is 0.760. The Hall–Kier alpha value is -1.45. The number of ether oxygens (including phenoxy) is 1. The summed E-state index contributed by atoms with van der Waals surface area (Å²) in [5.41, 5.74) is 1.65. The van der Waals surface area contributed by atoms with Crippen LogP contribution in [0.15, 0.2) is 36.4 Å². The average molecular weight is 328 g/mol. The van der Waals surface area contributed by atoms with Gasteiger partial charge in [-0.1, -0.05) is 29.3 Å². The van der Waals surface area contributed by atoms with Crippen LogP contribution < -0.4 is 10.1 Å². The zero-order chi connectivity index (χ0) is 15.4. The fourth-order valence-corrected chi connectivity index (χ4v) is 2.28. The summed E-state index contributed by atoms with van der Waals surface area (Å²) in [4.78, 5) is 0. The second-order valence-corrected chi connectivity index (χ2v) is 5.43. The van der Waals surface area contributed by atoms with Crippen LogP contribution in [0.1, 0.15) is 25.5 Å². The first-order valence-corrected chi connectivity index (χ1v) is 7.40. The summed E-state index contributed by atoms with van der Waals surface area (Å²) < 4.78 is 19.0. The number of hydrogen-bond acceptors (Lipinski definition) is 2. The molecule has 0 aliphatic carbocycles. The molecule has 0 fully saturated rings. The van der Waals surface area contributed by atoms with Crippen molar-refractivity contribution >= 4 is 28.9 Å². The van der Waals surface area contributed by atoms with Crippen molar-refractivity contribution in [2.75, 3.05) is 11.9 Å². The molecular formula is C16H16Cl2FNO. The van der Waals surface area contributed by atoms with Gasteiger partial charge in [-0.2, -0.15) is 0 Å². The lowest BCUT2D eigenvalue weighted by atomic mass is 10.1. The van der Waals surface area contributed by atoms with E-state index in [1.165, 1.54) is 6.07 Å². The molecule has 0 saturated heterocycles. The highest BCUT2D eigenvalue weighted by atomic mass is 35.5. The Morgan fingerprint density at radius 3 is 2.52 bits per heavy atom. The standard InChI is InChI=1S/C16H16Cl2FNO/c1-3-21-16-7-5-12(9-15(16)19)20-10(2)11-4-6-13(17)14(18)8-11/h4-10,20H,3H2,1-2H3. The summed E-state index contributed by atoms with van der Waals surface area (Å²) >= 11 is 11.9. The molecule has 1 unspecified atom stereocenters. The number of hydrogen-bond donors (Lipinski definition) is 1. The molecule has 2 aromatic rings. The highest BCUT2D eigenvalue weighted by molar-refractivity contribution is 6.42. The van der Waals surface area contributed by atoms with Crippen LogP contribution in [0.5, 0.6) is 5.75 Å². The molecule has 0 aliphatic heterocycles. The summed E-state index contributed by atoms with van der Waals surface area (Å²) in [7, 11) is 0. The molecule has 5 heteroatoms. The van der Waals surface area contributed by atoms with Crippen LogP contribution in [0.3, 0.4) is 0 Å². The molecule has 112 valence electrons. The van der Waals surface area contributed by atoms with E-state index in [9.17, 15) is 4.39 Å². The summed E-state index contributed by atoms with van der Waals surface area (Å²) in [5, 5.41) is 4.23. The monoisotopic (exact) mass is 327 g/mol. The molecule has 0 saturated carbocycles. The SMILES string of the molecule is CCOc1ccc(NC(C)c2ccc(Cl)c(Cl)c2)cc1F. The number of nitrogens with one attached hydrogen (secondary N) is 1. The minimum atomic E-state index is -0.386. The van der Waals surface area contributed by atoms with Crippen molar-refractivity contribution in [1.29, 1.82) is 0 Å². The molecular weight excluding hydrogens is 312 g/mol. The lowest BCUT2D eigenvalue weighted by Gasteiger charge is -2.17. The second-order valence-electron chi connectivity index (χ2n) is 4.62. The average Bonchev–Trinajstić information content (AvgIpc) is 2.45. The third kappa shape index (κ3) is 4.02. The minimum Gasteiger partial charge on any atom is -0.491 e. The van der Waals surface area contributed by atoms with Crippen LogP contribution in [0.25, 0.3) is 0 Å². The molecule has 21 heavy (non-hydrogen) atoms. The maximum atomic E-state index is 13.8. The van der Waals surface area contributed by atoms with Crippen LogP contribution in [-0.2, 0) is 0 Å². The summed E-state index contributed by atoms with van der Waals surface area (Å²) in [5.74, 6) is -0.131. The van der Waals surface area contributed by atoms with Gasteiger partial charge < -0.3 is 10.1 Å². The van der Waals surface area contributed by atoms with E-state index in [4.69, 9.17) is 27.9 Å². The van der Waals surface area contributed by atoms with E-state index in [-0.39, 0.29) is 17.6 Å². The second kappa shape index (κ2) is 7.01. The van der Waals surface area contributed by atoms with Gasteiger partial charge in [0.2, 0.25) is 0 Å². The van der Waals surface area contributed by atoms with Crippen molar-refractivity contribution in [3.05, 3.63) is 57.8 Å². The zero-order valence-corrected chi connectivity index (χ0v) is 13.3. The van der Waals surface area contributed by atoms with Gasteiger partial charge in [-0.3, -0.25) is 0 Å². The highest BCUT2D eigenvalue weighted by Gasteiger charge is 2.10. The van der Waals surface area contributed by atoms with Crippen molar-refractivity contribution in [1.82, 2.24) is 0 Å². The Labute approximate surface area is 133 Å². The van der Waals surface area contributed by atoms with Crippen molar-refractivity contribution in [2.45, 2.75) is 19.9 Å². The number of anilines is 1. The summed E-state index contributed by atoms with van der Waals surface area (Å²) in [6, 6.07) is 10.2. The third-order valence-corrected chi connectivity index (χ3v) is 3.80. The molecule has 0 aromatic heterocycles. The van der Waals surface area contributed by atoms with Crippen molar-refractivity contribution in [3.8, 4) is 5.75 Å². The van der Waals surface area contributed by atoms with E-state index in [2.05, 4.69) is 5.32 Å². The van der Waals surface area contributed by atoms with Crippen molar-refractivity contribution < 1.29 is 9.13 Å². The van der Waals surface area contributed by atoms with E-state index >= 15 is 0 Å². The van der Waals surface area contributed by atoms with Gasteiger partial charge in [-0.05, 0) is 43.7 Å².